The van der Waals surface area contributed by atoms with Crippen molar-refractivity contribution in [2.75, 3.05) is 11.9 Å². The van der Waals surface area contributed by atoms with E-state index < -0.39 is 11.9 Å². The van der Waals surface area contributed by atoms with Crippen LogP contribution in [0.3, 0.4) is 0 Å². The second kappa shape index (κ2) is 10.0. The van der Waals surface area contributed by atoms with Crippen LogP contribution in [0.2, 0.25) is 0 Å². The van der Waals surface area contributed by atoms with E-state index >= 15 is 0 Å². The first kappa shape index (κ1) is 22.8. The topological polar surface area (TPSA) is 100 Å². The van der Waals surface area contributed by atoms with Gasteiger partial charge in [0.25, 0.3) is 5.91 Å². The van der Waals surface area contributed by atoms with E-state index in [9.17, 15) is 9.59 Å². The molecule has 0 saturated heterocycles. The summed E-state index contributed by atoms with van der Waals surface area (Å²) < 4.78 is 13.9. The van der Waals surface area contributed by atoms with Gasteiger partial charge >= 0.3 is 5.97 Å². The number of para-hydroxylation sites is 1. The van der Waals surface area contributed by atoms with Crippen molar-refractivity contribution >= 4 is 17.7 Å². The number of carbonyl (C=O) groups is 2. The van der Waals surface area contributed by atoms with E-state index in [-0.39, 0.29) is 30.4 Å². The van der Waals surface area contributed by atoms with Crippen LogP contribution >= 0.6 is 0 Å². The van der Waals surface area contributed by atoms with Crippen molar-refractivity contribution in [1.82, 2.24) is 19.6 Å². The smallest absolute Gasteiger partial charge is 0.343 e. The highest BCUT2D eigenvalue weighted by molar-refractivity contribution is 6.06. The number of esters is 1. The lowest BCUT2D eigenvalue weighted by Crippen LogP contribution is -2.19. The minimum Gasteiger partial charge on any atom is -0.471 e. The molecule has 2 aromatic heterocycles. The molecule has 0 spiro atoms. The lowest BCUT2D eigenvalue weighted by atomic mass is 10.1. The summed E-state index contributed by atoms with van der Waals surface area (Å²) in [7, 11) is 0. The quantitative estimate of drug-likeness (QED) is 0.397. The van der Waals surface area contributed by atoms with E-state index in [1.807, 2.05) is 56.3 Å². The van der Waals surface area contributed by atoms with Gasteiger partial charge in [-0.25, -0.2) is 14.2 Å². The van der Waals surface area contributed by atoms with Crippen molar-refractivity contribution in [1.29, 1.82) is 0 Å². The van der Waals surface area contributed by atoms with Crippen molar-refractivity contribution in [3.05, 3.63) is 89.4 Å². The van der Waals surface area contributed by atoms with Gasteiger partial charge in [-0.1, -0.05) is 24.3 Å². The number of hydrogen-bond donors (Lipinski definition) is 1. The molecule has 174 valence electrons. The number of anilines is 1. The molecule has 1 N–H and O–H groups in total. The molecule has 2 heterocycles. The van der Waals surface area contributed by atoms with E-state index in [2.05, 4.69) is 21.6 Å². The predicted octanol–water partition coefficient (Wildman–Crippen LogP) is 4.15. The molecule has 0 aliphatic carbocycles. The fraction of sp³-hybridized carbons (Fsp3) is 0.200. The molecule has 0 atom stereocenters. The molecule has 0 bridgehead atoms. The summed E-state index contributed by atoms with van der Waals surface area (Å²) in [5.74, 6) is -0.138. The van der Waals surface area contributed by atoms with Gasteiger partial charge in [0.2, 0.25) is 0 Å². The van der Waals surface area contributed by atoms with E-state index in [1.54, 1.807) is 19.2 Å². The highest BCUT2D eigenvalue weighted by atomic mass is 16.5. The highest BCUT2D eigenvalue weighted by Crippen LogP contribution is 2.22. The highest BCUT2D eigenvalue weighted by Gasteiger charge is 2.23. The predicted molar refractivity (Wildman–Crippen MR) is 126 cm³/mol. The van der Waals surface area contributed by atoms with Gasteiger partial charge in [0.1, 0.15) is 11.3 Å². The third-order valence-electron chi connectivity index (χ3n) is 4.93. The Morgan fingerprint density at radius 2 is 1.76 bits per heavy atom. The number of aromatic nitrogens is 4. The number of amides is 1. The van der Waals surface area contributed by atoms with Crippen LogP contribution in [0, 0.1) is 13.8 Å². The molecule has 4 rings (SSSR count). The number of benzene rings is 2. The Balaban J connectivity index is 1.53. The van der Waals surface area contributed by atoms with Crippen LogP contribution in [0.5, 0.6) is 5.75 Å². The molecule has 0 fully saturated rings. The summed E-state index contributed by atoms with van der Waals surface area (Å²) in [5.41, 5.74) is 3.20. The molecular weight excluding hydrogens is 434 g/mol. The zero-order chi connectivity index (χ0) is 24.1. The van der Waals surface area contributed by atoms with Crippen molar-refractivity contribution in [3.8, 4) is 11.4 Å². The van der Waals surface area contributed by atoms with Crippen molar-refractivity contribution in [2.24, 2.45) is 0 Å². The van der Waals surface area contributed by atoms with Crippen LogP contribution in [0.4, 0.5) is 5.82 Å². The summed E-state index contributed by atoms with van der Waals surface area (Å²) in [6.45, 7) is 6.06. The molecule has 0 unspecified atom stereocenters. The molecule has 4 aromatic rings. The molecular formula is C25H25N5O4. The molecule has 9 heteroatoms. The average molecular weight is 460 g/mol. The summed E-state index contributed by atoms with van der Waals surface area (Å²) in [5, 5.41) is 11.3. The number of nitrogens with zero attached hydrogens (tertiary/aromatic N) is 4. The molecule has 9 nitrogen and oxygen atoms in total. The molecule has 1 amide bonds. The molecule has 0 aliphatic heterocycles. The maximum Gasteiger partial charge on any atom is 0.343 e. The van der Waals surface area contributed by atoms with Gasteiger partial charge in [0.15, 0.2) is 18.2 Å². The molecule has 0 aliphatic rings. The number of nitrogens with one attached hydrogen (secondary N) is 1. The summed E-state index contributed by atoms with van der Waals surface area (Å²) in [6, 6.07) is 16.7. The van der Waals surface area contributed by atoms with Crippen molar-refractivity contribution in [3.63, 3.8) is 0 Å². The number of aryl methyl sites for hydroxylation is 2. The molecule has 0 radical (unpaired) electrons. The van der Waals surface area contributed by atoms with Gasteiger partial charge in [-0.3, -0.25) is 4.79 Å². The number of hydrogen-bond acceptors (Lipinski definition) is 6. The normalized spacial score (nSPS) is 10.7. The van der Waals surface area contributed by atoms with Crippen molar-refractivity contribution in [2.45, 2.75) is 27.5 Å². The Morgan fingerprint density at radius 1 is 1.03 bits per heavy atom. The lowest BCUT2D eigenvalue weighted by molar-refractivity contribution is 0.0527. The lowest BCUT2D eigenvalue weighted by Gasteiger charge is -2.10. The first-order valence-corrected chi connectivity index (χ1v) is 10.8. The Hall–Kier alpha value is -4.40. The van der Waals surface area contributed by atoms with Gasteiger partial charge in [0, 0.05) is 6.20 Å². The Labute approximate surface area is 196 Å². The van der Waals surface area contributed by atoms with Crippen LogP contribution in [-0.2, 0) is 11.5 Å². The van der Waals surface area contributed by atoms with E-state index in [4.69, 9.17) is 9.47 Å². The fourth-order valence-corrected chi connectivity index (χ4v) is 3.48. The fourth-order valence-electron chi connectivity index (χ4n) is 3.48. The van der Waals surface area contributed by atoms with E-state index in [0.717, 1.165) is 16.9 Å². The average Bonchev–Trinajstić information content (AvgIpc) is 3.45. The molecule has 0 saturated carbocycles. The monoisotopic (exact) mass is 459 g/mol. The van der Waals surface area contributed by atoms with E-state index in [1.165, 1.54) is 15.6 Å². The maximum atomic E-state index is 13.0. The molecule has 34 heavy (non-hydrogen) atoms. The Bertz CT molecular complexity index is 1290. The third kappa shape index (κ3) is 5.15. The third-order valence-corrected chi connectivity index (χ3v) is 4.93. The van der Waals surface area contributed by atoms with Gasteiger partial charge in [-0.2, -0.15) is 10.2 Å². The van der Waals surface area contributed by atoms with Gasteiger partial charge in [-0.05, 0) is 62.2 Å². The van der Waals surface area contributed by atoms with E-state index in [0.29, 0.717) is 5.69 Å². The van der Waals surface area contributed by atoms with Crippen molar-refractivity contribution < 1.29 is 19.1 Å². The second-order valence-electron chi connectivity index (χ2n) is 7.67. The zero-order valence-electron chi connectivity index (χ0n) is 19.2. The van der Waals surface area contributed by atoms with Gasteiger partial charge < -0.3 is 14.8 Å². The SMILES string of the molecule is CCOC(=O)c1cnn(-c2ccccc2)c1NC(=O)c1ccn(COc2cc(C)cc(C)c2)n1. The summed E-state index contributed by atoms with van der Waals surface area (Å²) in [6.07, 6.45) is 3.02. The van der Waals surface area contributed by atoms with Crippen LogP contribution in [-0.4, -0.2) is 38.0 Å². The Kier molecular flexibility index (Phi) is 6.72. The minimum atomic E-state index is -0.577. The van der Waals surface area contributed by atoms with Crippen LogP contribution in [0.1, 0.15) is 38.9 Å². The van der Waals surface area contributed by atoms with Gasteiger partial charge in [0.05, 0.1) is 18.5 Å². The van der Waals surface area contributed by atoms with Crippen LogP contribution in [0.15, 0.2) is 67.0 Å². The largest absolute Gasteiger partial charge is 0.471 e. The minimum absolute atomic E-state index is 0.145. The van der Waals surface area contributed by atoms with Gasteiger partial charge in [-0.15, -0.1) is 0 Å². The molecule has 2 aromatic carbocycles. The maximum absolute atomic E-state index is 13.0. The first-order chi connectivity index (χ1) is 16.4. The standard InChI is InChI=1S/C25H25N5O4/c1-4-33-25(32)21-15-26-30(19-8-6-5-7-9-19)23(21)27-24(31)22-10-11-29(28-22)16-34-20-13-17(2)12-18(3)14-20/h5-15H,4,16H2,1-3H3,(H,27,31). The first-order valence-electron chi connectivity index (χ1n) is 10.8. The number of carbonyl (C=O) groups excluding carboxylic acids is 2. The number of rotatable bonds is 8. The second-order valence-corrected chi connectivity index (χ2v) is 7.67. The van der Waals surface area contributed by atoms with Crippen LogP contribution in [0.25, 0.3) is 5.69 Å². The summed E-state index contributed by atoms with van der Waals surface area (Å²) in [4.78, 5) is 25.4. The zero-order valence-corrected chi connectivity index (χ0v) is 19.2. The Morgan fingerprint density at radius 3 is 2.47 bits per heavy atom. The number of ether oxygens (including phenoxy) is 2. The summed E-state index contributed by atoms with van der Waals surface area (Å²) >= 11 is 0. The van der Waals surface area contributed by atoms with Crippen LogP contribution < -0.4 is 10.1 Å².